The molecule has 1 aliphatic carbocycles. The zero-order chi connectivity index (χ0) is 18.6. The summed E-state index contributed by atoms with van der Waals surface area (Å²) >= 11 is 0. The normalized spacial score (nSPS) is 16.3. The molecule has 1 saturated carbocycles. The van der Waals surface area contributed by atoms with Crippen molar-refractivity contribution in [2.45, 2.75) is 37.6 Å². The van der Waals surface area contributed by atoms with E-state index < -0.39 is 5.54 Å². The quantitative estimate of drug-likeness (QED) is 0.784. The topological polar surface area (TPSA) is 82.4 Å². The lowest BCUT2D eigenvalue weighted by atomic mass is 9.79. The van der Waals surface area contributed by atoms with E-state index in [2.05, 4.69) is 15.5 Å². The highest BCUT2D eigenvalue weighted by Gasteiger charge is 2.44. The first kappa shape index (κ1) is 18.3. The van der Waals surface area contributed by atoms with Gasteiger partial charge in [-0.15, -0.1) is 5.10 Å². The van der Waals surface area contributed by atoms with Gasteiger partial charge in [0.05, 0.1) is 12.8 Å². The standard InChI is InChI=1S/C18H25N5O3/c1-22(16(24)13-25-2)18(11-5-4-6-12-18)17-19-20-21-23(17)14-7-9-15(26-3)10-8-14/h7-10H,4-6,11-13H2,1-3H3. The lowest BCUT2D eigenvalue weighted by Crippen LogP contribution is -2.51. The van der Waals surface area contributed by atoms with Crippen LogP contribution in [0.15, 0.2) is 24.3 Å². The molecular formula is C18H25N5O3. The van der Waals surface area contributed by atoms with E-state index in [0.717, 1.165) is 43.5 Å². The third kappa shape index (κ3) is 3.29. The molecule has 3 rings (SSSR count). The second kappa shape index (κ2) is 7.82. The van der Waals surface area contributed by atoms with Crippen molar-refractivity contribution in [3.8, 4) is 11.4 Å². The van der Waals surface area contributed by atoms with E-state index in [1.807, 2.05) is 31.3 Å². The van der Waals surface area contributed by atoms with Gasteiger partial charge in [-0.3, -0.25) is 4.79 Å². The Bertz CT molecular complexity index is 738. The highest BCUT2D eigenvalue weighted by Crippen LogP contribution is 2.41. The fraction of sp³-hybridized carbons (Fsp3) is 0.556. The van der Waals surface area contributed by atoms with E-state index in [1.165, 1.54) is 7.11 Å². The summed E-state index contributed by atoms with van der Waals surface area (Å²) in [5, 5.41) is 12.4. The number of amides is 1. The number of hydrogen-bond donors (Lipinski definition) is 0. The lowest BCUT2D eigenvalue weighted by molar-refractivity contribution is -0.142. The molecule has 0 atom stereocenters. The number of aromatic nitrogens is 4. The molecule has 0 saturated heterocycles. The Hall–Kier alpha value is -2.48. The Kier molecular flexibility index (Phi) is 5.51. The lowest BCUT2D eigenvalue weighted by Gasteiger charge is -2.43. The van der Waals surface area contributed by atoms with Crippen molar-refractivity contribution in [3.05, 3.63) is 30.1 Å². The largest absolute Gasteiger partial charge is 0.497 e. The molecule has 1 amide bonds. The Morgan fingerprint density at radius 3 is 2.50 bits per heavy atom. The molecule has 26 heavy (non-hydrogen) atoms. The van der Waals surface area contributed by atoms with Gasteiger partial charge in [0, 0.05) is 14.2 Å². The molecule has 0 radical (unpaired) electrons. The van der Waals surface area contributed by atoms with Gasteiger partial charge < -0.3 is 14.4 Å². The van der Waals surface area contributed by atoms with Crippen LogP contribution in [0.25, 0.3) is 5.69 Å². The summed E-state index contributed by atoms with van der Waals surface area (Å²) in [5.74, 6) is 1.39. The minimum atomic E-state index is -0.530. The number of benzene rings is 1. The average Bonchev–Trinajstić information content (AvgIpc) is 3.18. The molecule has 1 aromatic heterocycles. The van der Waals surface area contributed by atoms with Crippen LogP contribution in [0.5, 0.6) is 5.75 Å². The molecule has 8 nitrogen and oxygen atoms in total. The molecular weight excluding hydrogens is 334 g/mol. The summed E-state index contributed by atoms with van der Waals surface area (Å²) < 4.78 is 12.0. The Balaban J connectivity index is 2.02. The molecule has 140 valence electrons. The van der Waals surface area contributed by atoms with Crippen molar-refractivity contribution < 1.29 is 14.3 Å². The maximum Gasteiger partial charge on any atom is 0.249 e. The number of carbonyl (C=O) groups is 1. The molecule has 2 aromatic rings. The van der Waals surface area contributed by atoms with Crippen LogP contribution in [-0.4, -0.2) is 58.9 Å². The summed E-state index contributed by atoms with van der Waals surface area (Å²) in [5.41, 5.74) is 0.306. The van der Waals surface area contributed by atoms with Crippen LogP contribution in [0.1, 0.15) is 37.9 Å². The second-order valence-electron chi connectivity index (χ2n) is 6.59. The number of tetrazole rings is 1. The first-order valence-electron chi connectivity index (χ1n) is 8.81. The molecule has 1 aromatic carbocycles. The third-order valence-corrected chi connectivity index (χ3v) is 5.17. The van der Waals surface area contributed by atoms with Crippen LogP contribution in [0.3, 0.4) is 0 Å². The van der Waals surface area contributed by atoms with Gasteiger partial charge in [-0.25, -0.2) is 0 Å². The number of nitrogens with zero attached hydrogens (tertiary/aromatic N) is 5. The van der Waals surface area contributed by atoms with Gasteiger partial charge in [0.15, 0.2) is 5.82 Å². The molecule has 0 aliphatic heterocycles. The van der Waals surface area contributed by atoms with Crippen LogP contribution in [0, 0.1) is 0 Å². The van der Waals surface area contributed by atoms with Crippen LogP contribution >= 0.6 is 0 Å². The first-order valence-corrected chi connectivity index (χ1v) is 8.81. The number of hydrogen-bond acceptors (Lipinski definition) is 6. The van der Waals surface area contributed by atoms with Crippen molar-refractivity contribution in [1.29, 1.82) is 0 Å². The van der Waals surface area contributed by atoms with Crippen molar-refractivity contribution in [1.82, 2.24) is 25.1 Å². The summed E-state index contributed by atoms with van der Waals surface area (Å²) in [6.07, 6.45) is 4.86. The van der Waals surface area contributed by atoms with E-state index in [4.69, 9.17) is 9.47 Å². The van der Waals surface area contributed by atoms with Crippen LogP contribution in [0.2, 0.25) is 0 Å². The zero-order valence-corrected chi connectivity index (χ0v) is 15.5. The van der Waals surface area contributed by atoms with E-state index >= 15 is 0 Å². The molecule has 0 unspecified atom stereocenters. The molecule has 1 fully saturated rings. The van der Waals surface area contributed by atoms with E-state index in [0.29, 0.717) is 5.82 Å². The van der Waals surface area contributed by atoms with Gasteiger partial charge in [0.25, 0.3) is 0 Å². The number of carbonyl (C=O) groups excluding carboxylic acids is 1. The minimum absolute atomic E-state index is 0.0440. The molecule has 1 aliphatic rings. The van der Waals surface area contributed by atoms with E-state index in [1.54, 1.807) is 16.7 Å². The summed E-state index contributed by atoms with van der Waals surface area (Å²) in [7, 11) is 4.98. The second-order valence-corrected chi connectivity index (χ2v) is 6.59. The van der Waals surface area contributed by atoms with Gasteiger partial charge in [0.1, 0.15) is 17.9 Å². The van der Waals surface area contributed by atoms with Gasteiger partial charge in [0.2, 0.25) is 5.91 Å². The minimum Gasteiger partial charge on any atom is -0.497 e. The van der Waals surface area contributed by atoms with Crippen LogP contribution in [0.4, 0.5) is 0 Å². The predicted molar refractivity (Wildman–Crippen MR) is 95.1 cm³/mol. The van der Waals surface area contributed by atoms with Gasteiger partial charge in [-0.05, 0) is 47.5 Å². The number of rotatable bonds is 6. The van der Waals surface area contributed by atoms with E-state index in [-0.39, 0.29) is 12.5 Å². The summed E-state index contributed by atoms with van der Waals surface area (Å²) in [4.78, 5) is 14.3. The third-order valence-electron chi connectivity index (χ3n) is 5.17. The van der Waals surface area contributed by atoms with Crippen LogP contribution < -0.4 is 4.74 Å². The Labute approximate surface area is 153 Å². The fourth-order valence-electron chi connectivity index (χ4n) is 3.68. The molecule has 8 heteroatoms. The molecule has 1 heterocycles. The molecule has 0 bridgehead atoms. The van der Waals surface area contributed by atoms with Gasteiger partial charge in [-0.1, -0.05) is 19.3 Å². The highest BCUT2D eigenvalue weighted by molar-refractivity contribution is 5.78. The molecule has 0 spiro atoms. The van der Waals surface area contributed by atoms with Crippen molar-refractivity contribution in [2.24, 2.45) is 0 Å². The maximum atomic E-state index is 12.6. The highest BCUT2D eigenvalue weighted by atomic mass is 16.5. The van der Waals surface area contributed by atoms with Gasteiger partial charge in [-0.2, -0.15) is 4.68 Å². The maximum absolute atomic E-state index is 12.6. The van der Waals surface area contributed by atoms with Crippen molar-refractivity contribution in [2.75, 3.05) is 27.9 Å². The number of likely N-dealkylation sites (N-methyl/N-ethyl adjacent to an activating group) is 1. The molecule has 0 N–H and O–H groups in total. The number of methoxy groups -OCH3 is 2. The van der Waals surface area contributed by atoms with Crippen molar-refractivity contribution >= 4 is 5.91 Å². The summed E-state index contributed by atoms with van der Waals surface area (Å²) in [6, 6.07) is 7.56. The van der Waals surface area contributed by atoms with Crippen molar-refractivity contribution in [3.63, 3.8) is 0 Å². The SMILES string of the molecule is COCC(=O)N(C)C1(c2nnnn2-c2ccc(OC)cc2)CCCCC1. The first-order chi connectivity index (χ1) is 12.6. The number of ether oxygens (including phenoxy) is 2. The predicted octanol–water partition coefficient (Wildman–Crippen LogP) is 1.94. The Morgan fingerprint density at radius 1 is 1.19 bits per heavy atom. The fourth-order valence-corrected chi connectivity index (χ4v) is 3.68. The average molecular weight is 359 g/mol. The monoisotopic (exact) mass is 359 g/mol. The van der Waals surface area contributed by atoms with Gasteiger partial charge >= 0.3 is 0 Å². The summed E-state index contributed by atoms with van der Waals surface area (Å²) in [6.45, 7) is 0.0440. The van der Waals surface area contributed by atoms with E-state index in [9.17, 15) is 4.79 Å². The zero-order valence-electron chi connectivity index (χ0n) is 15.5. The van der Waals surface area contributed by atoms with Crippen LogP contribution in [-0.2, 0) is 15.1 Å². The smallest absolute Gasteiger partial charge is 0.249 e. The Morgan fingerprint density at radius 2 is 1.88 bits per heavy atom.